The summed E-state index contributed by atoms with van der Waals surface area (Å²) in [4.78, 5) is 0. The minimum Gasteiger partial charge on any atom is -0.493 e. The second kappa shape index (κ2) is 8.08. The van der Waals surface area contributed by atoms with Crippen LogP contribution in [0.3, 0.4) is 0 Å². The highest BCUT2D eigenvalue weighted by Gasteiger charge is 2.01. The Morgan fingerprint density at radius 2 is 1.90 bits per heavy atom. The Morgan fingerprint density at radius 3 is 2.67 bits per heavy atom. The Hall–Kier alpha value is -2.31. The van der Waals surface area contributed by atoms with Crippen molar-refractivity contribution in [2.24, 2.45) is 5.73 Å². The van der Waals surface area contributed by atoms with Crippen molar-refractivity contribution in [2.75, 3.05) is 13.2 Å². The van der Waals surface area contributed by atoms with Crippen molar-refractivity contribution in [1.82, 2.24) is 0 Å². The molecule has 0 amide bonds. The second-order valence-electron chi connectivity index (χ2n) is 4.62. The predicted molar refractivity (Wildman–Crippen MR) is 82.6 cm³/mol. The number of benzene rings is 2. The molecule has 0 saturated heterocycles. The van der Waals surface area contributed by atoms with Gasteiger partial charge in [-0.15, -0.1) is 0 Å². The second-order valence-corrected chi connectivity index (χ2v) is 4.62. The van der Waals surface area contributed by atoms with Crippen molar-refractivity contribution in [1.29, 1.82) is 0 Å². The topological polar surface area (TPSA) is 35.2 Å². The zero-order valence-corrected chi connectivity index (χ0v) is 11.8. The van der Waals surface area contributed by atoms with Crippen LogP contribution in [0, 0.1) is 17.7 Å². The molecule has 0 aliphatic rings. The van der Waals surface area contributed by atoms with Gasteiger partial charge in [-0.05, 0) is 30.5 Å². The van der Waals surface area contributed by atoms with E-state index in [0.717, 1.165) is 12.8 Å². The smallest absolute Gasteiger partial charge is 0.128 e. The molecule has 2 aromatic rings. The number of hydrogen-bond donors (Lipinski definition) is 1. The van der Waals surface area contributed by atoms with Gasteiger partial charge in [0.05, 0.1) is 13.2 Å². The Labute approximate surface area is 124 Å². The molecule has 0 bridgehead atoms. The number of aryl methyl sites for hydroxylation is 1. The van der Waals surface area contributed by atoms with E-state index in [1.54, 1.807) is 6.07 Å². The molecule has 0 spiro atoms. The molecule has 2 aromatic carbocycles. The summed E-state index contributed by atoms with van der Waals surface area (Å²) in [5.41, 5.74) is 7.16. The lowest BCUT2D eigenvalue weighted by atomic mass is 10.1. The standard InChI is InChI=1S/C18H18FNO/c19-17-12-16(8-4-10-20)13-18(14-17)21-11-5-9-15-6-2-1-3-7-15/h1-3,6-7,12-14H,5,9-11,20H2. The van der Waals surface area contributed by atoms with E-state index in [0.29, 0.717) is 17.9 Å². The van der Waals surface area contributed by atoms with Crippen molar-refractivity contribution in [3.05, 3.63) is 65.5 Å². The van der Waals surface area contributed by atoms with Crippen LogP contribution in [0.2, 0.25) is 0 Å². The van der Waals surface area contributed by atoms with Crippen molar-refractivity contribution in [3.63, 3.8) is 0 Å². The molecular weight excluding hydrogens is 265 g/mol. The SMILES string of the molecule is NCC#Cc1cc(F)cc(OCCCc2ccccc2)c1. The molecule has 2 N–H and O–H groups in total. The first kappa shape index (κ1) is 15.1. The maximum absolute atomic E-state index is 13.5. The lowest BCUT2D eigenvalue weighted by Crippen LogP contribution is -2.00. The number of rotatable bonds is 5. The van der Waals surface area contributed by atoms with E-state index in [1.807, 2.05) is 18.2 Å². The fourth-order valence-electron chi connectivity index (χ4n) is 1.98. The summed E-state index contributed by atoms with van der Waals surface area (Å²) in [6, 6.07) is 14.7. The third-order valence-corrected chi connectivity index (χ3v) is 2.93. The average Bonchev–Trinajstić information content (AvgIpc) is 2.50. The van der Waals surface area contributed by atoms with Gasteiger partial charge < -0.3 is 10.5 Å². The number of nitrogens with two attached hydrogens (primary N) is 1. The molecule has 0 fully saturated rings. The van der Waals surface area contributed by atoms with Gasteiger partial charge in [-0.1, -0.05) is 42.2 Å². The summed E-state index contributed by atoms with van der Waals surface area (Å²) in [7, 11) is 0. The zero-order valence-electron chi connectivity index (χ0n) is 11.8. The lowest BCUT2D eigenvalue weighted by molar-refractivity contribution is 0.309. The normalized spacial score (nSPS) is 9.81. The van der Waals surface area contributed by atoms with Crippen LogP contribution >= 0.6 is 0 Å². The molecule has 108 valence electrons. The Morgan fingerprint density at radius 1 is 1.10 bits per heavy atom. The van der Waals surface area contributed by atoms with Crippen molar-refractivity contribution >= 4 is 0 Å². The predicted octanol–water partition coefficient (Wildman–Crippen LogP) is 3.15. The van der Waals surface area contributed by atoms with Gasteiger partial charge in [0.1, 0.15) is 11.6 Å². The highest BCUT2D eigenvalue weighted by molar-refractivity contribution is 5.40. The zero-order chi connectivity index (χ0) is 14.9. The van der Waals surface area contributed by atoms with Gasteiger partial charge in [0.15, 0.2) is 0 Å². The van der Waals surface area contributed by atoms with Crippen LogP contribution in [0.4, 0.5) is 4.39 Å². The molecule has 0 saturated carbocycles. The van der Waals surface area contributed by atoms with Crippen LogP contribution in [0.25, 0.3) is 0 Å². The van der Waals surface area contributed by atoms with Crippen molar-refractivity contribution in [2.45, 2.75) is 12.8 Å². The summed E-state index contributed by atoms with van der Waals surface area (Å²) in [6.45, 7) is 0.798. The van der Waals surface area contributed by atoms with Gasteiger partial charge in [-0.2, -0.15) is 0 Å². The van der Waals surface area contributed by atoms with Crippen LogP contribution in [0.5, 0.6) is 5.75 Å². The molecule has 0 radical (unpaired) electrons. The molecule has 3 heteroatoms. The number of halogens is 1. The first-order valence-corrected chi connectivity index (χ1v) is 6.94. The number of ether oxygens (including phenoxy) is 1. The molecule has 2 nitrogen and oxygen atoms in total. The van der Waals surface area contributed by atoms with Crippen LogP contribution in [-0.2, 0) is 6.42 Å². The van der Waals surface area contributed by atoms with Gasteiger partial charge in [-0.3, -0.25) is 0 Å². The molecule has 0 aliphatic carbocycles. The van der Waals surface area contributed by atoms with Gasteiger partial charge in [0.2, 0.25) is 0 Å². The van der Waals surface area contributed by atoms with E-state index in [2.05, 4.69) is 24.0 Å². The Balaban J connectivity index is 1.86. The summed E-state index contributed by atoms with van der Waals surface area (Å²) in [5.74, 6) is 5.66. The van der Waals surface area contributed by atoms with Crippen molar-refractivity contribution < 1.29 is 9.13 Å². The maximum atomic E-state index is 13.5. The van der Waals surface area contributed by atoms with Gasteiger partial charge in [0.25, 0.3) is 0 Å². The van der Waals surface area contributed by atoms with Gasteiger partial charge in [0, 0.05) is 11.6 Å². The third-order valence-electron chi connectivity index (χ3n) is 2.93. The molecule has 2 rings (SSSR count). The Kier molecular flexibility index (Phi) is 5.81. The van der Waals surface area contributed by atoms with E-state index in [4.69, 9.17) is 10.5 Å². The monoisotopic (exact) mass is 283 g/mol. The third kappa shape index (κ3) is 5.29. The van der Waals surface area contributed by atoms with E-state index >= 15 is 0 Å². The van der Waals surface area contributed by atoms with E-state index < -0.39 is 0 Å². The summed E-state index contributed by atoms with van der Waals surface area (Å²) >= 11 is 0. The van der Waals surface area contributed by atoms with E-state index in [1.165, 1.54) is 17.7 Å². The summed E-state index contributed by atoms with van der Waals surface area (Å²) in [6.07, 6.45) is 1.82. The minimum absolute atomic E-state index is 0.254. The minimum atomic E-state index is -0.350. The first-order chi connectivity index (χ1) is 10.3. The number of hydrogen-bond acceptors (Lipinski definition) is 2. The highest BCUT2D eigenvalue weighted by Crippen LogP contribution is 2.16. The molecule has 0 unspecified atom stereocenters. The molecule has 0 aliphatic heterocycles. The highest BCUT2D eigenvalue weighted by atomic mass is 19.1. The van der Waals surface area contributed by atoms with Crippen LogP contribution in [0.15, 0.2) is 48.5 Å². The van der Waals surface area contributed by atoms with Crippen LogP contribution in [0.1, 0.15) is 17.5 Å². The van der Waals surface area contributed by atoms with Gasteiger partial charge in [-0.25, -0.2) is 4.39 Å². The summed E-state index contributed by atoms with van der Waals surface area (Å²) < 4.78 is 19.0. The largest absolute Gasteiger partial charge is 0.493 e. The molecule has 0 heterocycles. The fraction of sp³-hybridized carbons (Fsp3) is 0.222. The fourth-order valence-corrected chi connectivity index (χ4v) is 1.98. The molecule has 21 heavy (non-hydrogen) atoms. The van der Waals surface area contributed by atoms with E-state index in [9.17, 15) is 4.39 Å². The molecule has 0 aromatic heterocycles. The van der Waals surface area contributed by atoms with Gasteiger partial charge >= 0.3 is 0 Å². The average molecular weight is 283 g/mol. The summed E-state index contributed by atoms with van der Waals surface area (Å²) in [5, 5.41) is 0. The molecule has 0 atom stereocenters. The van der Waals surface area contributed by atoms with Crippen molar-refractivity contribution in [3.8, 4) is 17.6 Å². The Bertz CT molecular complexity index is 629. The maximum Gasteiger partial charge on any atom is 0.128 e. The molecular formula is C18H18FNO. The quantitative estimate of drug-likeness (QED) is 0.676. The lowest BCUT2D eigenvalue weighted by Gasteiger charge is -2.07. The van der Waals surface area contributed by atoms with Crippen LogP contribution < -0.4 is 10.5 Å². The van der Waals surface area contributed by atoms with Crippen LogP contribution in [-0.4, -0.2) is 13.2 Å². The van der Waals surface area contributed by atoms with E-state index in [-0.39, 0.29) is 12.4 Å². The first-order valence-electron chi connectivity index (χ1n) is 6.94.